The topological polar surface area (TPSA) is 108 Å². The zero-order valence-electron chi connectivity index (χ0n) is 14.9. The van der Waals surface area contributed by atoms with E-state index in [2.05, 4.69) is 9.97 Å². The molecule has 0 aliphatic carbocycles. The number of fused-ring (bicyclic) bond motifs is 2. The number of carboxylic acids is 1. The average molecular weight is 388 g/mol. The predicted octanol–water partition coefficient (Wildman–Crippen LogP) is 1.16. The first-order chi connectivity index (χ1) is 12.9. The summed E-state index contributed by atoms with van der Waals surface area (Å²) in [5.41, 5.74) is 0.975. The number of aromatic nitrogens is 3. The number of nitrogens with zero attached hydrogens (tertiary/aromatic N) is 4. The van der Waals surface area contributed by atoms with Gasteiger partial charge in [-0.05, 0) is 6.92 Å². The number of rotatable bonds is 6. The van der Waals surface area contributed by atoms with Crippen molar-refractivity contribution < 1.29 is 19.8 Å². The highest BCUT2D eigenvalue weighted by Gasteiger charge is 2.59. The van der Waals surface area contributed by atoms with Gasteiger partial charge in [-0.15, -0.1) is 11.8 Å². The molecule has 142 valence electrons. The van der Waals surface area contributed by atoms with Crippen LogP contribution in [0, 0.1) is 11.8 Å². The summed E-state index contributed by atoms with van der Waals surface area (Å²) in [6, 6.07) is -0.274. The Labute approximate surface area is 159 Å². The summed E-state index contributed by atoms with van der Waals surface area (Å²) in [6.07, 6.45) is 6.91. The molecule has 4 atom stereocenters. The van der Waals surface area contributed by atoms with Gasteiger partial charge in [0.1, 0.15) is 11.5 Å². The van der Waals surface area contributed by atoms with E-state index < -0.39 is 18.0 Å². The number of carbonyl (C=O) groups is 2. The van der Waals surface area contributed by atoms with Crippen LogP contribution in [0.2, 0.25) is 0 Å². The van der Waals surface area contributed by atoms with Crippen molar-refractivity contribution in [3.05, 3.63) is 41.2 Å². The standard InChI is InChI=1S/C18H20N4O4S/c1-9-14-13(10(2)23)17(24)22(14)15(18(25)26)16(9)27-6-3-12-20-8-11-7-19-4-5-21(11)12/h4-5,7-10,13-14,23H,3,6H2,1-2H3,(H,25,26). The van der Waals surface area contributed by atoms with E-state index in [9.17, 15) is 19.8 Å². The maximum atomic E-state index is 12.3. The summed E-state index contributed by atoms with van der Waals surface area (Å²) in [5.74, 6) is -0.519. The van der Waals surface area contributed by atoms with Crippen LogP contribution in [0.25, 0.3) is 5.52 Å². The number of hydrogen-bond donors (Lipinski definition) is 2. The van der Waals surface area contributed by atoms with E-state index >= 15 is 0 Å². The first-order valence-electron chi connectivity index (χ1n) is 8.79. The molecule has 8 nitrogen and oxygen atoms in total. The Morgan fingerprint density at radius 1 is 1.41 bits per heavy atom. The van der Waals surface area contributed by atoms with Gasteiger partial charge in [-0.1, -0.05) is 6.92 Å². The van der Waals surface area contributed by atoms with Crippen LogP contribution in [0.4, 0.5) is 0 Å². The normalized spacial score (nSPS) is 25.7. The smallest absolute Gasteiger partial charge is 0.353 e. The van der Waals surface area contributed by atoms with Crippen molar-refractivity contribution in [3.8, 4) is 0 Å². The highest BCUT2D eigenvalue weighted by Crippen LogP contribution is 2.50. The van der Waals surface area contributed by atoms with Crippen molar-refractivity contribution in [3.63, 3.8) is 0 Å². The fourth-order valence-electron chi connectivity index (χ4n) is 4.06. The van der Waals surface area contributed by atoms with Crippen molar-refractivity contribution in [1.82, 2.24) is 19.3 Å². The monoisotopic (exact) mass is 388 g/mol. The van der Waals surface area contributed by atoms with Gasteiger partial charge >= 0.3 is 5.97 Å². The minimum absolute atomic E-state index is 0.0663. The van der Waals surface area contributed by atoms with Gasteiger partial charge in [0, 0.05) is 35.4 Å². The molecule has 4 unspecified atom stereocenters. The number of amides is 1. The van der Waals surface area contributed by atoms with Crippen LogP contribution in [0.5, 0.6) is 0 Å². The first kappa shape index (κ1) is 18.0. The largest absolute Gasteiger partial charge is 0.477 e. The van der Waals surface area contributed by atoms with Gasteiger partial charge in [0.05, 0.1) is 36.0 Å². The van der Waals surface area contributed by atoms with Crippen LogP contribution in [-0.2, 0) is 16.0 Å². The maximum Gasteiger partial charge on any atom is 0.353 e. The van der Waals surface area contributed by atoms with Crippen LogP contribution >= 0.6 is 11.8 Å². The molecule has 2 aliphatic heterocycles. The molecule has 0 spiro atoms. The molecule has 0 radical (unpaired) electrons. The molecular weight excluding hydrogens is 368 g/mol. The second kappa shape index (κ2) is 6.65. The summed E-state index contributed by atoms with van der Waals surface area (Å²) in [7, 11) is 0. The van der Waals surface area contributed by atoms with Crippen molar-refractivity contribution in [2.75, 3.05) is 5.75 Å². The van der Waals surface area contributed by atoms with Crippen LogP contribution in [-0.4, -0.2) is 59.3 Å². The first-order valence-corrected chi connectivity index (χ1v) is 9.77. The summed E-state index contributed by atoms with van der Waals surface area (Å²) >= 11 is 1.45. The third kappa shape index (κ3) is 2.72. The van der Waals surface area contributed by atoms with E-state index in [-0.39, 0.29) is 23.6 Å². The number of carboxylic acid groups (broad SMARTS) is 1. The second-order valence-electron chi connectivity index (χ2n) is 6.92. The molecular formula is C18H20N4O4S. The minimum atomic E-state index is -1.10. The molecule has 4 heterocycles. The van der Waals surface area contributed by atoms with Gasteiger partial charge in [0.15, 0.2) is 0 Å². The number of β-lactam (4-membered cyclic amide) rings is 1. The Hall–Kier alpha value is -2.39. The number of hydrogen-bond acceptors (Lipinski definition) is 6. The van der Waals surface area contributed by atoms with Gasteiger partial charge in [-0.2, -0.15) is 0 Å². The summed E-state index contributed by atoms with van der Waals surface area (Å²) in [4.78, 5) is 34.6. The highest BCUT2D eigenvalue weighted by molar-refractivity contribution is 8.03. The molecule has 0 bridgehead atoms. The third-order valence-electron chi connectivity index (χ3n) is 5.31. The van der Waals surface area contributed by atoms with Crippen LogP contribution < -0.4 is 0 Å². The predicted molar refractivity (Wildman–Crippen MR) is 98.8 cm³/mol. The van der Waals surface area contributed by atoms with E-state index in [1.165, 1.54) is 16.7 Å². The molecule has 4 rings (SSSR count). The van der Waals surface area contributed by atoms with Gasteiger partial charge in [-0.25, -0.2) is 9.78 Å². The average Bonchev–Trinajstić information content (AvgIpc) is 3.13. The summed E-state index contributed by atoms with van der Waals surface area (Å²) in [5, 5.41) is 19.5. The molecule has 9 heteroatoms. The number of thioether (sulfide) groups is 1. The Bertz CT molecular complexity index is 954. The molecule has 1 saturated heterocycles. The zero-order chi connectivity index (χ0) is 19.3. The summed E-state index contributed by atoms with van der Waals surface area (Å²) in [6.45, 7) is 3.50. The lowest BCUT2D eigenvalue weighted by Crippen LogP contribution is -2.63. The lowest BCUT2D eigenvalue weighted by molar-refractivity contribution is -0.163. The van der Waals surface area contributed by atoms with E-state index in [1.54, 1.807) is 25.5 Å². The number of aliphatic hydroxyl groups excluding tert-OH is 1. The number of aliphatic hydroxyl groups is 1. The molecule has 1 amide bonds. The quantitative estimate of drug-likeness (QED) is 0.715. The molecule has 1 fully saturated rings. The molecule has 2 aromatic heterocycles. The molecule has 2 N–H and O–H groups in total. The Morgan fingerprint density at radius 2 is 2.19 bits per heavy atom. The van der Waals surface area contributed by atoms with E-state index in [0.29, 0.717) is 17.1 Å². The van der Waals surface area contributed by atoms with Crippen molar-refractivity contribution >= 4 is 29.2 Å². The van der Waals surface area contributed by atoms with E-state index in [1.807, 2.05) is 17.5 Å². The maximum absolute atomic E-state index is 12.3. The Balaban J connectivity index is 1.52. The van der Waals surface area contributed by atoms with Crippen LogP contribution in [0.15, 0.2) is 35.4 Å². The van der Waals surface area contributed by atoms with Crippen molar-refractivity contribution in [2.45, 2.75) is 32.4 Å². The zero-order valence-corrected chi connectivity index (χ0v) is 15.8. The highest BCUT2D eigenvalue weighted by atomic mass is 32.2. The second-order valence-corrected chi connectivity index (χ2v) is 8.05. The number of aryl methyl sites for hydroxylation is 1. The number of imidazole rings is 1. The van der Waals surface area contributed by atoms with Gasteiger partial charge in [0.2, 0.25) is 5.91 Å². The van der Waals surface area contributed by atoms with Crippen molar-refractivity contribution in [1.29, 1.82) is 0 Å². The molecule has 0 aromatic carbocycles. The lowest BCUT2D eigenvalue weighted by Gasteiger charge is -2.46. The molecule has 2 aliphatic rings. The van der Waals surface area contributed by atoms with Crippen LogP contribution in [0.3, 0.4) is 0 Å². The fourth-order valence-corrected chi connectivity index (χ4v) is 5.29. The Morgan fingerprint density at radius 3 is 2.89 bits per heavy atom. The number of aliphatic carboxylic acids is 1. The Kier molecular flexibility index (Phi) is 4.43. The van der Waals surface area contributed by atoms with Crippen molar-refractivity contribution in [2.24, 2.45) is 11.8 Å². The third-order valence-corrected chi connectivity index (χ3v) is 6.59. The van der Waals surface area contributed by atoms with Gasteiger partial charge < -0.3 is 19.5 Å². The molecule has 27 heavy (non-hydrogen) atoms. The van der Waals surface area contributed by atoms with Crippen LogP contribution in [0.1, 0.15) is 19.7 Å². The summed E-state index contributed by atoms with van der Waals surface area (Å²) < 4.78 is 1.96. The van der Waals surface area contributed by atoms with Gasteiger partial charge in [-0.3, -0.25) is 9.78 Å². The SMILES string of the molecule is CC(O)C1C(=O)N2C(C(=O)O)=C(SCCc3ncc4cnccn34)C(C)C12. The van der Waals surface area contributed by atoms with E-state index in [4.69, 9.17) is 0 Å². The van der Waals surface area contributed by atoms with E-state index in [0.717, 1.165) is 11.3 Å². The minimum Gasteiger partial charge on any atom is -0.477 e. The molecule has 0 saturated carbocycles. The van der Waals surface area contributed by atoms with Gasteiger partial charge in [0.25, 0.3) is 0 Å². The molecule has 2 aromatic rings. The fraction of sp³-hybridized carbons (Fsp3) is 0.444. The lowest BCUT2D eigenvalue weighted by atomic mass is 9.79. The number of carbonyl (C=O) groups excluding carboxylic acids is 1.